The van der Waals surface area contributed by atoms with Crippen molar-refractivity contribution in [1.29, 1.82) is 0 Å². The summed E-state index contributed by atoms with van der Waals surface area (Å²) in [7, 11) is 0. The summed E-state index contributed by atoms with van der Waals surface area (Å²) in [6.45, 7) is 3.25. The molecule has 8 heteroatoms. The first-order valence-electron chi connectivity index (χ1n) is 14.5. The number of nitrogens with zero attached hydrogens (tertiary/aromatic N) is 2. The number of anilines is 2. The molecule has 43 heavy (non-hydrogen) atoms. The molecule has 6 atom stereocenters. The quantitative estimate of drug-likeness (QED) is 0.266. The molecule has 216 valence electrons. The lowest BCUT2D eigenvalue weighted by molar-refractivity contribution is -0.131. The van der Waals surface area contributed by atoms with E-state index in [0.29, 0.717) is 28.9 Å². The number of phenolic OH excluding ortho intramolecular Hbond substituents is 1. The molecule has 2 heterocycles. The van der Waals surface area contributed by atoms with Gasteiger partial charge in [-0.3, -0.25) is 28.9 Å². The first-order valence-corrected chi connectivity index (χ1v) is 14.5. The average molecular weight is 575 g/mol. The highest BCUT2D eigenvalue weighted by atomic mass is 16.3. The third-order valence-electron chi connectivity index (χ3n) is 10.1. The van der Waals surface area contributed by atoms with Crippen molar-refractivity contribution < 1.29 is 29.1 Å². The van der Waals surface area contributed by atoms with Crippen molar-refractivity contribution >= 4 is 40.8 Å². The van der Waals surface area contributed by atoms with E-state index in [0.717, 1.165) is 5.57 Å². The maximum Gasteiger partial charge on any atom is 0.241 e. The Hall–Kier alpha value is -4.85. The molecule has 4 aliphatic rings. The summed E-state index contributed by atoms with van der Waals surface area (Å²) in [5, 5.41) is 11.1. The van der Waals surface area contributed by atoms with Crippen LogP contribution in [0.1, 0.15) is 48.5 Å². The maximum atomic E-state index is 14.3. The molecule has 3 aromatic carbocycles. The van der Waals surface area contributed by atoms with Crippen LogP contribution in [0.4, 0.5) is 11.4 Å². The summed E-state index contributed by atoms with van der Waals surface area (Å²) >= 11 is 0. The van der Waals surface area contributed by atoms with E-state index in [-0.39, 0.29) is 41.6 Å². The fraction of sp³-hybridized carbons (Fsp3) is 0.286. The van der Waals surface area contributed by atoms with Gasteiger partial charge in [0.25, 0.3) is 0 Å². The number of Topliss-reactive ketones (excluding diaryl/α,β-unsaturated/α-hetero) is 1. The number of aromatic hydroxyl groups is 1. The normalized spacial score (nSPS) is 29.7. The number of hydrogen-bond acceptors (Lipinski definition) is 6. The van der Waals surface area contributed by atoms with E-state index < -0.39 is 35.0 Å². The molecule has 0 spiro atoms. The monoisotopic (exact) mass is 574 g/mol. The van der Waals surface area contributed by atoms with E-state index in [2.05, 4.69) is 0 Å². The number of ketones is 1. The molecule has 0 aromatic heterocycles. The average Bonchev–Trinajstić information content (AvgIpc) is 3.37. The Morgan fingerprint density at radius 3 is 2.12 bits per heavy atom. The highest BCUT2D eigenvalue weighted by Crippen LogP contribution is 2.64. The number of imide groups is 2. The van der Waals surface area contributed by atoms with Crippen LogP contribution in [0, 0.1) is 29.1 Å². The molecule has 2 aliphatic heterocycles. The fourth-order valence-electron chi connectivity index (χ4n) is 8.01. The largest absolute Gasteiger partial charge is 0.508 e. The van der Waals surface area contributed by atoms with Crippen LogP contribution < -0.4 is 9.80 Å². The Labute approximate surface area is 248 Å². The first-order chi connectivity index (χ1) is 20.6. The summed E-state index contributed by atoms with van der Waals surface area (Å²) in [4.78, 5) is 70.6. The Bertz CT molecular complexity index is 1750. The second-order valence-corrected chi connectivity index (χ2v) is 12.2. The zero-order chi connectivity index (χ0) is 30.2. The summed E-state index contributed by atoms with van der Waals surface area (Å²) in [5.74, 6) is -4.69. The minimum Gasteiger partial charge on any atom is -0.508 e. The van der Waals surface area contributed by atoms with Gasteiger partial charge in [-0.15, -0.1) is 0 Å². The topological polar surface area (TPSA) is 112 Å². The molecule has 4 amide bonds. The molecule has 6 unspecified atom stereocenters. The number of benzene rings is 3. The summed E-state index contributed by atoms with van der Waals surface area (Å²) < 4.78 is 0. The maximum absolute atomic E-state index is 14.3. The molecule has 8 nitrogen and oxygen atoms in total. The molecular formula is C35H30N2O6. The molecule has 2 aliphatic carbocycles. The zero-order valence-corrected chi connectivity index (χ0v) is 23.8. The minimum absolute atomic E-state index is 0.00979. The van der Waals surface area contributed by atoms with Gasteiger partial charge in [-0.2, -0.15) is 0 Å². The van der Waals surface area contributed by atoms with Crippen LogP contribution in [-0.2, 0) is 19.2 Å². The van der Waals surface area contributed by atoms with E-state index in [1.807, 2.05) is 12.1 Å². The molecule has 2 saturated heterocycles. The van der Waals surface area contributed by atoms with Gasteiger partial charge < -0.3 is 5.11 Å². The van der Waals surface area contributed by atoms with Crippen LogP contribution in [0.25, 0.3) is 0 Å². The molecule has 1 saturated carbocycles. The van der Waals surface area contributed by atoms with Crippen molar-refractivity contribution in [3.8, 4) is 5.75 Å². The zero-order valence-electron chi connectivity index (χ0n) is 23.8. The van der Waals surface area contributed by atoms with Crippen LogP contribution in [0.3, 0.4) is 0 Å². The molecular weight excluding hydrogens is 544 g/mol. The van der Waals surface area contributed by atoms with Gasteiger partial charge >= 0.3 is 0 Å². The number of para-hydroxylation sites is 2. The smallest absolute Gasteiger partial charge is 0.241 e. The minimum atomic E-state index is -1.21. The number of hydrogen-bond donors (Lipinski definition) is 1. The second kappa shape index (κ2) is 9.59. The van der Waals surface area contributed by atoms with Crippen LogP contribution in [0.15, 0.2) is 90.5 Å². The van der Waals surface area contributed by atoms with Crippen molar-refractivity contribution in [2.75, 3.05) is 9.80 Å². The van der Waals surface area contributed by atoms with Gasteiger partial charge in [0.15, 0.2) is 5.78 Å². The van der Waals surface area contributed by atoms with E-state index in [1.54, 1.807) is 79.7 Å². The van der Waals surface area contributed by atoms with E-state index in [1.165, 1.54) is 16.7 Å². The van der Waals surface area contributed by atoms with Gasteiger partial charge in [0.2, 0.25) is 23.6 Å². The van der Waals surface area contributed by atoms with E-state index in [9.17, 15) is 29.1 Å². The third-order valence-corrected chi connectivity index (χ3v) is 10.1. The highest BCUT2D eigenvalue weighted by molar-refractivity contribution is 6.25. The molecule has 7 rings (SSSR count). The Morgan fingerprint density at radius 2 is 1.44 bits per heavy atom. The number of phenols is 1. The third kappa shape index (κ3) is 3.72. The number of allylic oxidation sites excluding steroid dienone is 2. The summed E-state index contributed by atoms with van der Waals surface area (Å²) in [6, 6.07) is 22.1. The Balaban J connectivity index is 1.34. The standard InChI is InChI=1S/C35H30N2O6/c1-19(38)20-12-14-22(15-13-20)36-31(40)25-17-16-23-26(29(25)33(36)42)18-27-32(41)37(21-8-4-3-5-9-21)34(43)35(27,2)30(23)24-10-6-7-11-28(24)39/h3-16,25-27,29-30,39H,17-18H2,1-2H3. The van der Waals surface area contributed by atoms with Gasteiger partial charge in [-0.05, 0) is 75.1 Å². The number of carbonyl (C=O) groups is 5. The first kappa shape index (κ1) is 27.0. The number of rotatable bonds is 4. The lowest BCUT2D eigenvalue weighted by Crippen LogP contribution is -2.48. The Morgan fingerprint density at radius 1 is 0.791 bits per heavy atom. The summed E-state index contributed by atoms with van der Waals surface area (Å²) in [6.07, 6.45) is 2.50. The van der Waals surface area contributed by atoms with Crippen LogP contribution >= 0.6 is 0 Å². The predicted octanol–water partition coefficient (Wildman–Crippen LogP) is 5.03. The highest BCUT2D eigenvalue weighted by Gasteiger charge is 2.67. The second-order valence-electron chi connectivity index (χ2n) is 12.2. The van der Waals surface area contributed by atoms with Crippen LogP contribution in [0.2, 0.25) is 0 Å². The number of carbonyl (C=O) groups excluding carboxylic acids is 5. The van der Waals surface area contributed by atoms with Gasteiger partial charge in [0.05, 0.1) is 34.5 Å². The molecule has 1 N–H and O–H groups in total. The number of fused-ring (bicyclic) bond motifs is 4. The molecule has 0 radical (unpaired) electrons. The molecule has 3 aromatic rings. The lowest BCUT2D eigenvalue weighted by atomic mass is 9.51. The number of amides is 4. The lowest BCUT2D eigenvalue weighted by Gasteiger charge is -2.49. The van der Waals surface area contributed by atoms with Gasteiger partial charge in [0.1, 0.15) is 5.75 Å². The molecule has 0 bridgehead atoms. The van der Waals surface area contributed by atoms with Crippen molar-refractivity contribution in [1.82, 2.24) is 0 Å². The van der Waals surface area contributed by atoms with Gasteiger partial charge in [0, 0.05) is 17.0 Å². The predicted molar refractivity (Wildman–Crippen MR) is 158 cm³/mol. The Kier molecular flexibility index (Phi) is 6.02. The van der Waals surface area contributed by atoms with Crippen LogP contribution in [-0.4, -0.2) is 34.5 Å². The van der Waals surface area contributed by atoms with Crippen molar-refractivity contribution in [3.63, 3.8) is 0 Å². The van der Waals surface area contributed by atoms with Crippen LogP contribution in [0.5, 0.6) is 5.75 Å². The van der Waals surface area contributed by atoms with Gasteiger partial charge in [-0.25, -0.2) is 4.90 Å². The van der Waals surface area contributed by atoms with E-state index >= 15 is 0 Å². The van der Waals surface area contributed by atoms with Crippen molar-refractivity contribution in [3.05, 3.63) is 102 Å². The van der Waals surface area contributed by atoms with E-state index in [4.69, 9.17) is 0 Å². The van der Waals surface area contributed by atoms with Crippen molar-refractivity contribution in [2.24, 2.45) is 29.1 Å². The SMILES string of the molecule is CC(=O)c1ccc(N2C(=O)C3CC=C4C(CC5C(=O)N(c6ccccc6)C(=O)C5(C)C4c4ccccc4O)C3C2=O)cc1. The summed E-state index contributed by atoms with van der Waals surface area (Å²) in [5.41, 5.74) is 1.48. The van der Waals surface area contributed by atoms with Crippen molar-refractivity contribution in [2.45, 2.75) is 32.6 Å². The fourth-order valence-corrected chi connectivity index (χ4v) is 8.01. The van der Waals surface area contributed by atoms with Gasteiger partial charge in [-0.1, -0.05) is 48.0 Å². The molecule has 3 fully saturated rings.